The molecule has 4 aromatic carbocycles. The number of thioether (sulfide) groups is 1. The molecular formula is C63H70O14S. The van der Waals surface area contributed by atoms with Gasteiger partial charge < -0.3 is 28.4 Å². The summed E-state index contributed by atoms with van der Waals surface area (Å²) in [7, 11) is 0. The quantitative estimate of drug-likeness (QED) is 0.0485. The number of hydrogen-bond donors (Lipinski definition) is 0. The van der Waals surface area contributed by atoms with Crippen LogP contribution in [-0.2, 0) is 28.7 Å². The van der Waals surface area contributed by atoms with Gasteiger partial charge in [-0.05, 0) is 200 Å². The maximum atomic E-state index is 14.4. The Morgan fingerprint density at radius 3 is 1.17 bits per heavy atom. The highest BCUT2D eigenvalue weighted by Crippen LogP contribution is 2.42. The molecule has 0 saturated heterocycles. The highest BCUT2D eigenvalue weighted by Gasteiger charge is 2.39. The smallest absolute Gasteiger partial charge is 0.338 e. The predicted molar refractivity (Wildman–Crippen MR) is 290 cm³/mol. The van der Waals surface area contributed by atoms with Crippen LogP contribution >= 0.6 is 11.8 Å². The zero-order chi connectivity index (χ0) is 54.9. The summed E-state index contributed by atoms with van der Waals surface area (Å²) in [5.74, 6) is -3.47. The third-order valence-electron chi connectivity index (χ3n) is 16.7. The summed E-state index contributed by atoms with van der Waals surface area (Å²) in [6.45, 7) is 4.37. The van der Waals surface area contributed by atoms with E-state index in [9.17, 15) is 38.4 Å². The number of benzene rings is 4. The largest absolute Gasteiger partial charge is 0.459 e. The van der Waals surface area contributed by atoms with Gasteiger partial charge in [-0.3, -0.25) is 28.8 Å². The molecule has 5 aliphatic carbocycles. The second-order valence-electron chi connectivity index (χ2n) is 21.9. The average molecular weight is 1080 g/mol. The van der Waals surface area contributed by atoms with Crippen molar-refractivity contribution >= 4 is 59.1 Å². The van der Waals surface area contributed by atoms with Crippen molar-refractivity contribution in [2.45, 2.75) is 159 Å². The highest BCUT2D eigenvalue weighted by atomic mass is 32.2. The zero-order valence-corrected chi connectivity index (χ0v) is 45.7. The standard InChI is InChI=1S/C63H70O14S/c1-4-6-37-8-12-39(13-9-37)58(66)72-45-24-16-41(17-25-45)60(68)74-47-28-20-43(21-29-47)62(70)76-52-34-35-53(55-54(52)56(64)50-33-32-49(78-3)36-51(50)57(55)65)77-63(71)44-22-30-48(31-23-44)75-61(69)42-18-26-46(27-19-42)73-59(67)40-14-10-38(7-5-2)11-15-40/h16-19,24-27,32-40,43-44,47-48H,4-15,20-23,28-31H2,1-3H3. The second kappa shape index (κ2) is 25.9. The van der Waals surface area contributed by atoms with E-state index in [2.05, 4.69) is 13.8 Å². The van der Waals surface area contributed by atoms with Crippen LogP contribution in [0.15, 0.2) is 83.8 Å². The van der Waals surface area contributed by atoms with Crippen LogP contribution in [0, 0.1) is 35.5 Å². The number of fused-ring (bicyclic) bond motifs is 2. The van der Waals surface area contributed by atoms with E-state index in [1.165, 1.54) is 36.7 Å². The van der Waals surface area contributed by atoms with Gasteiger partial charge in [-0.2, -0.15) is 0 Å². The molecule has 5 aliphatic rings. The minimum atomic E-state index is -0.611. The van der Waals surface area contributed by atoms with Crippen molar-refractivity contribution in [3.63, 3.8) is 0 Å². The van der Waals surface area contributed by atoms with Crippen molar-refractivity contribution < 1.29 is 66.8 Å². The second-order valence-corrected chi connectivity index (χ2v) is 22.8. The van der Waals surface area contributed by atoms with Crippen LogP contribution in [0.2, 0.25) is 0 Å². The molecule has 4 saturated carbocycles. The summed E-state index contributed by atoms with van der Waals surface area (Å²) >= 11 is 1.40. The van der Waals surface area contributed by atoms with Gasteiger partial charge in [-0.25, -0.2) is 9.59 Å². The Kier molecular flexibility index (Phi) is 18.6. The van der Waals surface area contributed by atoms with Crippen molar-refractivity contribution in [1.82, 2.24) is 0 Å². The van der Waals surface area contributed by atoms with Gasteiger partial charge in [0.15, 0.2) is 11.6 Å². The number of carbonyl (C=O) groups is 8. The van der Waals surface area contributed by atoms with Gasteiger partial charge in [-0.15, -0.1) is 11.8 Å². The lowest BCUT2D eigenvalue weighted by Crippen LogP contribution is -2.32. The first-order valence-corrected chi connectivity index (χ1v) is 29.4. The molecule has 78 heavy (non-hydrogen) atoms. The average Bonchev–Trinajstić information content (AvgIpc) is 3.66. The van der Waals surface area contributed by atoms with Crippen molar-refractivity contribution in [1.29, 1.82) is 0 Å². The Bertz CT molecular complexity index is 2860. The number of carbonyl (C=O) groups excluding carboxylic acids is 8. The third-order valence-corrected chi connectivity index (χ3v) is 17.4. The van der Waals surface area contributed by atoms with E-state index in [1.807, 2.05) is 6.26 Å². The molecule has 4 fully saturated rings. The molecule has 4 aromatic rings. The van der Waals surface area contributed by atoms with E-state index in [0.717, 1.165) is 69.1 Å². The van der Waals surface area contributed by atoms with Crippen molar-refractivity contribution in [3.8, 4) is 23.0 Å². The maximum absolute atomic E-state index is 14.4. The highest BCUT2D eigenvalue weighted by molar-refractivity contribution is 7.98. The molecule has 0 atom stereocenters. The van der Waals surface area contributed by atoms with Crippen LogP contribution in [-0.4, -0.2) is 65.8 Å². The minimum Gasteiger partial charge on any atom is -0.459 e. The van der Waals surface area contributed by atoms with Gasteiger partial charge >= 0.3 is 35.8 Å². The molecule has 0 bridgehead atoms. The monoisotopic (exact) mass is 1080 g/mol. The number of ketones is 2. The molecule has 0 radical (unpaired) electrons. The number of esters is 6. The van der Waals surface area contributed by atoms with Crippen molar-refractivity contribution in [2.75, 3.05) is 6.26 Å². The molecule has 0 N–H and O–H groups in total. The molecule has 0 spiro atoms. The van der Waals surface area contributed by atoms with E-state index in [0.29, 0.717) is 85.8 Å². The normalized spacial score (nSPS) is 23.9. The molecule has 0 heterocycles. The summed E-state index contributed by atoms with van der Waals surface area (Å²) in [4.78, 5) is 109. The Morgan fingerprint density at radius 2 is 0.795 bits per heavy atom. The molecule has 15 heteroatoms. The van der Waals surface area contributed by atoms with Crippen LogP contribution in [0.4, 0.5) is 0 Å². The summed E-state index contributed by atoms with van der Waals surface area (Å²) in [5, 5.41) is 0. The van der Waals surface area contributed by atoms with Gasteiger partial charge in [0.1, 0.15) is 35.2 Å². The first-order chi connectivity index (χ1) is 37.8. The van der Waals surface area contributed by atoms with Crippen molar-refractivity contribution in [2.24, 2.45) is 35.5 Å². The number of ether oxygens (including phenoxy) is 6. The summed E-state index contributed by atoms with van der Waals surface area (Å²) in [6, 6.07) is 20.3. The van der Waals surface area contributed by atoms with Gasteiger partial charge in [0.2, 0.25) is 0 Å². The van der Waals surface area contributed by atoms with E-state index < -0.39 is 59.5 Å². The van der Waals surface area contributed by atoms with E-state index in [1.54, 1.807) is 66.7 Å². The summed E-state index contributed by atoms with van der Waals surface area (Å²) < 4.78 is 34.9. The molecule has 0 unspecified atom stereocenters. The van der Waals surface area contributed by atoms with E-state index in [4.69, 9.17) is 28.4 Å². The Hall–Kier alpha value is -6.61. The summed E-state index contributed by atoms with van der Waals surface area (Å²) in [5.41, 5.74) is 0.539. The number of rotatable bonds is 17. The molecule has 14 nitrogen and oxygen atoms in total. The van der Waals surface area contributed by atoms with Crippen LogP contribution < -0.4 is 18.9 Å². The fourth-order valence-electron chi connectivity index (χ4n) is 12.1. The van der Waals surface area contributed by atoms with Gasteiger partial charge in [0.25, 0.3) is 0 Å². The lowest BCUT2D eigenvalue weighted by atomic mass is 9.80. The molecule has 412 valence electrons. The topological polar surface area (TPSA) is 192 Å². The van der Waals surface area contributed by atoms with E-state index >= 15 is 0 Å². The first kappa shape index (κ1) is 56.1. The Balaban J connectivity index is 0.774. The molecule has 9 rings (SSSR count). The van der Waals surface area contributed by atoms with Crippen LogP contribution in [0.5, 0.6) is 23.0 Å². The Labute approximate surface area is 460 Å². The minimum absolute atomic E-state index is 0.119. The van der Waals surface area contributed by atoms with E-state index in [-0.39, 0.29) is 57.5 Å². The van der Waals surface area contributed by atoms with Crippen molar-refractivity contribution in [3.05, 3.63) is 112 Å². The van der Waals surface area contributed by atoms with Gasteiger partial charge in [0.05, 0.1) is 45.9 Å². The Morgan fingerprint density at radius 1 is 0.436 bits per heavy atom. The summed E-state index contributed by atoms with van der Waals surface area (Å²) in [6.07, 6.45) is 15.9. The first-order valence-electron chi connectivity index (χ1n) is 28.2. The zero-order valence-electron chi connectivity index (χ0n) is 44.9. The van der Waals surface area contributed by atoms with Crippen LogP contribution in [0.25, 0.3) is 0 Å². The predicted octanol–water partition coefficient (Wildman–Crippen LogP) is 12.9. The lowest BCUT2D eigenvalue weighted by molar-refractivity contribution is -0.141. The molecular weight excluding hydrogens is 1010 g/mol. The lowest BCUT2D eigenvalue weighted by Gasteiger charge is -2.28. The van der Waals surface area contributed by atoms with Crippen LogP contribution in [0.1, 0.15) is 195 Å². The van der Waals surface area contributed by atoms with Gasteiger partial charge in [0, 0.05) is 16.0 Å². The third kappa shape index (κ3) is 13.4. The fraction of sp³-hybridized carbons (Fsp3) is 0.492. The molecule has 0 aliphatic heterocycles. The molecule has 0 amide bonds. The fourth-order valence-corrected chi connectivity index (χ4v) is 12.5. The van der Waals surface area contributed by atoms with Gasteiger partial charge in [-0.1, -0.05) is 39.5 Å². The van der Waals surface area contributed by atoms with Crippen LogP contribution in [0.3, 0.4) is 0 Å². The molecule has 0 aromatic heterocycles. The SMILES string of the molecule is CCCC1CCC(C(=O)Oc2ccc(C(=O)OC3CCC(C(=O)Oc4ccc(OC(=O)C5CCC(OC(=O)c6ccc(OC(=O)C7CCC(CCC)CC7)cc6)CC5)c5c4C(=O)c4ccc(SC)cc4C5=O)CC3)cc2)CC1. The number of hydrogen-bond acceptors (Lipinski definition) is 15. The maximum Gasteiger partial charge on any atom is 0.338 e.